The molecule has 3 atom stereocenters. The van der Waals surface area contributed by atoms with Crippen molar-refractivity contribution in [2.45, 2.75) is 44.4 Å². The fraction of sp³-hybridized carbons (Fsp3) is 0.474. The van der Waals surface area contributed by atoms with Crippen LogP contribution >= 0.6 is 0 Å². The number of nitriles is 1. The number of hydrogen-bond acceptors (Lipinski definition) is 5. The topological polar surface area (TPSA) is 67.2 Å². The van der Waals surface area contributed by atoms with Crippen molar-refractivity contribution in [1.29, 1.82) is 5.26 Å². The predicted molar refractivity (Wildman–Crippen MR) is 92.2 cm³/mol. The Hall–Kier alpha value is -2.46. The van der Waals surface area contributed by atoms with Gasteiger partial charge in [-0.05, 0) is 43.9 Å². The van der Waals surface area contributed by atoms with Gasteiger partial charge in [0.25, 0.3) is 0 Å². The van der Waals surface area contributed by atoms with Gasteiger partial charge < -0.3 is 14.8 Å². The van der Waals surface area contributed by atoms with Crippen molar-refractivity contribution in [3.05, 3.63) is 30.0 Å². The van der Waals surface area contributed by atoms with Crippen molar-refractivity contribution in [3.8, 4) is 11.8 Å². The summed E-state index contributed by atoms with van der Waals surface area (Å²) in [6.07, 6.45) is 5.89. The van der Waals surface area contributed by atoms with E-state index in [1.807, 2.05) is 0 Å². The van der Waals surface area contributed by atoms with Crippen LogP contribution in [0, 0.1) is 17.2 Å². The minimum atomic E-state index is -2.90. The van der Waals surface area contributed by atoms with Gasteiger partial charge in [0.05, 0.1) is 22.9 Å². The molecule has 0 bridgehead atoms. The molecule has 4 rings (SSSR count). The van der Waals surface area contributed by atoms with Crippen LogP contribution in [0.15, 0.2) is 24.4 Å². The minimum Gasteiger partial charge on any atom is -0.435 e. The maximum Gasteiger partial charge on any atom is 0.387 e. The van der Waals surface area contributed by atoms with Gasteiger partial charge in [-0.3, -0.25) is 4.98 Å². The Morgan fingerprint density at radius 2 is 2.19 bits per heavy atom. The van der Waals surface area contributed by atoms with Gasteiger partial charge in [0.2, 0.25) is 0 Å². The summed E-state index contributed by atoms with van der Waals surface area (Å²) in [5.74, 6) is 0.456. The van der Waals surface area contributed by atoms with Crippen molar-refractivity contribution in [2.75, 3.05) is 11.9 Å². The highest BCUT2D eigenvalue weighted by Crippen LogP contribution is 2.38. The van der Waals surface area contributed by atoms with Crippen LogP contribution < -0.4 is 10.1 Å². The standard InChI is InChI=1S/C19H19F2N3O2/c20-19(21)26-12-4-5-15-14(8-12)18(11(9-22)10-23-15)24-16-2-1-3-17-13(16)6-7-25-17/h4-5,8,10,13,16-17,19H,1-3,6-7H2,(H,23,24). The summed E-state index contributed by atoms with van der Waals surface area (Å²) < 4.78 is 35.5. The summed E-state index contributed by atoms with van der Waals surface area (Å²) in [6, 6.07) is 6.94. The molecule has 1 aliphatic heterocycles. The summed E-state index contributed by atoms with van der Waals surface area (Å²) in [5.41, 5.74) is 1.66. The van der Waals surface area contributed by atoms with E-state index in [1.54, 1.807) is 6.07 Å². The van der Waals surface area contributed by atoms with Crippen LogP contribution in [0.5, 0.6) is 5.75 Å². The highest BCUT2D eigenvalue weighted by molar-refractivity contribution is 5.95. The lowest BCUT2D eigenvalue weighted by molar-refractivity contribution is -0.0497. The molecule has 2 aromatic rings. The maximum absolute atomic E-state index is 12.6. The lowest BCUT2D eigenvalue weighted by Gasteiger charge is -2.34. The third-order valence-corrected chi connectivity index (χ3v) is 5.30. The van der Waals surface area contributed by atoms with Gasteiger partial charge in [-0.1, -0.05) is 0 Å². The predicted octanol–water partition coefficient (Wildman–Crippen LogP) is 4.08. The SMILES string of the molecule is N#Cc1cnc2ccc(OC(F)F)cc2c1NC1CCCC2OCCC12. The number of pyridine rings is 1. The van der Waals surface area contributed by atoms with Crippen LogP contribution in [-0.4, -0.2) is 30.3 Å². The molecule has 1 N–H and O–H groups in total. The molecule has 1 saturated heterocycles. The molecule has 1 saturated carbocycles. The summed E-state index contributed by atoms with van der Waals surface area (Å²) >= 11 is 0. The molecule has 2 aliphatic rings. The quantitative estimate of drug-likeness (QED) is 0.891. The molecule has 0 radical (unpaired) electrons. The second-order valence-corrected chi connectivity index (χ2v) is 6.76. The zero-order chi connectivity index (χ0) is 18.1. The van der Waals surface area contributed by atoms with Gasteiger partial charge in [0.15, 0.2) is 0 Å². The monoisotopic (exact) mass is 359 g/mol. The molecule has 1 aromatic heterocycles. The summed E-state index contributed by atoms with van der Waals surface area (Å²) in [7, 11) is 0. The third kappa shape index (κ3) is 3.17. The number of ether oxygens (including phenoxy) is 2. The van der Waals surface area contributed by atoms with Gasteiger partial charge in [-0.15, -0.1) is 0 Å². The molecule has 2 fully saturated rings. The average molecular weight is 359 g/mol. The summed E-state index contributed by atoms with van der Waals surface area (Å²) in [4.78, 5) is 4.26. The van der Waals surface area contributed by atoms with Crippen LogP contribution in [-0.2, 0) is 4.74 Å². The third-order valence-electron chi connectivity index (χ3n) is 5.30. The molecule has 1 aromatic carbocycles. The first-order valence-corrected chi connectivity index (χ1v) is 8.81. The number of halogens is 2. The Labute approximate surface area is 149 Å². The van der Waals surface area contributed by atoms with Crippen molar-refractivity contribution in [3.63, 3.8) is 0 Å². The van der Waals surface area contributed by atoms with Gasteiger partial charge >= 0.3 is 6.61 Å². The second kappa shape index (κ2) is 7.04. The van der Waals surface area contributed by atoms with E-state index < -0.39 is 6.61 Å². The van der Waals surface area contributed by atoms with Crippen molar-refractivity contribution in [1.82, 2.24) is 4.98 Å². The molecule has 0 spiro atoms. The molecule has 26 heavy (non-hydrogen) atoms. The van der Waals surface area contributed by atoms with E-state index in [0.29, 0.717) is 28.1 Å². The number of alkyl halides is 2. The van der Waals surface area contributed by atoms with Crippen molar-refractivity contribution in [2.24, 2.45) is 5.92 Å². The first kappa shape index (κ1) is 17.0. The van der Waals surface area contributed by atoms with E-state index in [4.69, 9.17) is 4.74 Å². The van der Waals surface area contributed by atoms with Crippen molar-refractivity contribution >= 4 is 16.6 Å². The first-order valence-electron chi connectivity index (χ1n) is 8.81. The number of aromatic nitrogens is 1. The average Bonchev–Trinajstić information content (AvgIpc) is 3.11. The molecular weight excluding hydrogens is 340 g/mol. The molecule has 3 unspecified atom stereocenters. The number of nitrogens with one attached hydrogen (secondary N) is 1. The fourth-order valence-electron chi connectivity index (χ4n) is 4.13. The smallest absolute Gasteiger partial charge is 0.387 e. The largest absolute Gasteiger partial charge is 0.435 e. The Balaban J connectivity index is 1.73. The minimum absolute atomic E-state index is 0.0539. The van der Waals surface area contributed by atoms with Crippen LogP contribution in [0.2, 0.25) is 0 Å². The van der Waals surface area contributed by atoms with Crippen LogP contribution in [0.1, 0.15) is 31.2 Å². The lowest BCUT2D eigenvalue weighted by atomic mass is 9.81. The zero-order valence-corrected chi connectivity index (χ0v) is 14.1. The zero-order valence-electron chi connectivity index (χ0n) is 14.1. The highest BCUT2D eigenvalue weighted by Gasteiger charge is 2.38. The summed E-state index contributed by atoms with van der Waals surface area (Å²) in [5, 5.41) is 13.6. The maximum atomic E-state index is 12.6. The Morgan fingerprint density at radius 3 is 3.00 bits per heavy atom. The van der Waals surface area contributed by atoms with Crippen LogP contribution in [0.25, 0.3) is 10.9 Å². The Bertz CT molecular complexity index is 853. The molecule has 136 valence electrons. The first-order chi connectivity index (χ1) is 12.7. The van der Waals surface area contributed by atoms with E-state index >= 15 is 0 Å². The number of benzene rings is 1. The number of anilines is 1. The molecule has 0 amide bonds. The number of fused-ring (bicyclic) bond motifs is 2. The number of hydrogen-bond donors (Lipinski definition) is 1. The van der Waals surface area contributed by atoms with Gasteiger partial charge in [-0.25, -0.2) is 0 Å². The molecule has 2 heterocycles. The Morgan fingerprint density at radius 1 is 1.31 bits per heavy atom. The van der Waals surface area contributed by atoms with E-state index in [2.05, 4.69) is 21.1 Å². The van der Waals surface area contributed by atoms with Crippen molar-refractivity contribution < 1.29 is 18.3 Å². The molecule has 1 aliphatic carbocycles. The number of nitrogens with zero attached hydrogens (tertiary/aromatic N) is 2. The van der Waals surface area contributed by atoms with E-state index in [0.717, 1.165) is 32.3 Å². The van der Waals surface area contributed by atoms with Crippen LogP contribution in [0.4, 0.5) is 14.5 Å². The number of rotatable bonds is 4. The van der Waals surface area contributed by atoms with Gasteiger partial charge in [0.1, 0.15) is 11.8 Å². The Kier molecular flexibility index (Phi) is 4.60. The van der Waals surface area contributed by atoms with E-state index in [-0.39, 0.29) is 17.9 Å². The molecule has 7 heteroatoms. The molecular formula is C19H19F2N3O2. The second-order valence-electron chi connectivity index (χ2n) is 6.76. The highest BCUT2D eigenvalue weighted by atomic mass is 19.3. The van der Waals surface area contributed by atoms with E-state index in [9.17, 15) is 14.0 Å². The normalized spacial score (nSPS) is 25.1. The summed E-state index contributed by atoms with van der Waals surface area (Å²) in [6.45, 7) is -2.13. The fourth-order valence-corrected chi connectivity index (χ4v) is 4.13. The van der Waals surface area contributed by atoms with Gasteiger partial charge in [0, 0.05) is 30.1 Å². The van der Waals surface area contributed by atoms with E-state index in [1.165, 1.54) is 18.3 Å². The van der Waals surface area contributed by atoms with Crippen LogP contribution in [0.3, 0.4) is 0 Å². The molecule has 5 nitrogen and oxygen atoms in total. The lowest BCUT2D eigenvalue weighted by Crippen LogP contribution is -2.38. The van der Waals surface area contributed by atoms with Gasteiger partial charge in [-0.2, -0.15) is 14.0 Å².